The third-order valence-electron chi connectivity index (χ3n) is 2.34. The molecule has 0 saturated carbocycles. The van der Waals surface area contributed by atoms with Crippen molar-refractivity contribution in [1.82, 2.24) is 0 Å². The molecule has 0 fully saturated rings. The topological polar surface area (TPSA) is 55.8 Å². The van der Waals surface area contributed by atoms with Crippen molar-refractivity contribution in [2.75, 3.05) is 13.7 Å². The minimum Gasteiger partial charge on any atom is -0.507 e. The number of benzene rings is 1. The third kappa shape index (κ3) is 3.12. The van der Waals surface area contributed by atoms with E-state index >= 15 is 0 Å². The molecule has 94 valence electrons. The average Bonchev–Trinajstić information content (AvgIpc) is 2.28. The van der Waals surface area contributed by atoms with Gasteiger partial charge in [0, 0.05) is 18.6 Å². The molecule has 0 atom stereocenters. The fraction of sp³-hybridized carbons (Fsp3) is 0.462. The van der Waals surface area contributed by atoms with E-state index in [0.29, 0.717) is 24.5 Å². The predicted molar refractivity (Wildman–Crippen MR) is 65.1 cm³/mol. The minimum absolute atomic E-state index is 0.0914. The van der Waals surface area contributed by atoms with Crippen LogP contribution in [0.25, 0.3) is 0 Å². The van der Waals surface area contributed by atoms with Crippen molar-refractivity contribution in [3.05, 3.63) is 17.7 Å². The lowest BCUT2D eigenvalue weighted by Gasteiger charge is -2.12. The maximum atomic E-state index is 11.8. The second-order valence-corrected chi connectivity index (χ2v) is 3.63. The van der Waals surface area contributed by atoms with E-state index in [0.717, 1.165) is 6.42 Å². The lowest BCUT2D eigenvalue weighted by molar-refractivity contribution is 0.0976. The number of phenolic OH excluding ortho intramolecular Hbond substituents is 1. The van der Waals surface area contributed by atoms with Gasteiger partial charge in [0.15, 0.2) is 5.78 Å². The van der Waals surface area contributed by atoms with Gasteiger partial charge >= 0.3 is 0 Å². The smallest absolute Gasteiger partial charge is 0.170 e. The zero-order valence-corrected chi connectivity index (χ0v) is 10.4. The van der Waals surface area contributed by atoms with Gasteiger partial charge in [0.05, 0.1) is 13.7 Å². The molecular formula is C13H18O4. The van der Waals surface area contributed by atoms with Crippen LogP contribution in [0.4, 0.5) is 0 Å². The summed E-state index contributed by atoms with van der Waals surface area (Å²) in [4.78, 5) is 11.8. The van der Waals surface area contributed by atoms with E-state index < -0.39 is 0 Å². The fourth-order valence-corrected chi connectivity index (χ4v) is 1.62. The number of carbonyl (C=O) groups excluding carboxylic acids is 1. The van der Waals surface area contributed by atoms with E-state index in [4.69, 9.17) is 9.47 Å². The molecule has 0 saturated heterocycles. The second-order valence-electron chi connectivity index (χ2n) is 3.63. The number of aromatic hydroxyl groups is 1. The van der Waals surface area contributed by atoms with E-state index in [2.05, 4.69) is 0 Å². The SMILES string of the molecule is CCCC(=O)c1c(O)cc(OCC)cc1OC. The number of carbonyl (C=O) groups is 1. The van der Waals surface area contributed by atoms with Crippen LogP contribution in [-0.4, -0.2) is 24.6 Å². The molecule has 1 aromatic carbocycles. The quantitative estimate of drug-likeness (QED) is 0.774. The van der Waals surface area contributed by atoms with E-state index in [1.807, 2.05) is 13.8 Å². The highest BCUT2D eigenvalue weighted by atomic mass is 16.5. The standard InChI is InChI=1S/C13H18O4/c1-4-6-10(14)13-11(15)7-9(17-5-2)8-12(13)16-3/h7-8,15H,4-6H2,1-3H3. The molecule has 0 radical (unpaired) electrons. The van der Waals surface area contributed by atoms with Crippen LogP contribution < -0.4 is 9.47 Å². The van der Waals surface area contributed by atoms with Crippen molar-refractivity contribution in [2.24, 2.45) is 0 Å². The summed E-state index contributed by atoms with van der Waals surface area (Å²) in [6.07, 6.45) is 1.12. The van der Waals surface area contributed by atoms with Crippen molar-refractivity contribution in [2.45, 2.75) is 26.7 Å². The highest BCUT2D eigenvalue weighted by Crippen LogP contribution is 2.34. The van der Waals surface area contributed by atoms with Crippen LogP contribution in [0.3, 0.4) is 0 Å². The van der Waals surface area contributed by atoms with Crippen LogP contribution in [0, 0.1) is 0 Å². The summed E-state index contributed by atoms with van der Waals surface area (Å²) in [5, 5.41) is 9.85. The van der Waals surface area contributed by atoms with Crippen LogP contribution in [0.5, 0.6) is 17.2 Å². The lowest BCUT2D eigenvalue weighted by atomic mass is 10.0. The highest BCUT2D eigenvalue weighted by molar-refractivity contribution is 6.01. The van der Waals surface area contributed by atoms with Gasteiger partial charge in [0.2, 0.25) is 0 Å². The Labute approximate surface area is 101 Å². The Hall–Kier alpha value is -1.71. The van der Waals surface area contributed by atoms with E-state index in [1.54, 1.807) is 6.07 Å². The molecule has 0 aliphatic carbocycles. The number of ketones is 1. The first kappa shape index (κ1) is 13.4. The number of ether oxygens (including phenoxy) is 2. The summed E-state index contributed by atoms with van der Waals surface area (Å²) in [7, 11) is 1.47. The summed E-state index contributed by atoms with van der Waals surface area (Å²) in [5.74, 6) is 0.637. The summed E-state index contributed by atoms with van der Waals surface area (Å²) < 4.78 is 10.4. The Morgan fingerprint density at radius 2 is 2.06 bits per heavy atom. The Morgan fingerprint density at radius 1 is 1.35 bits per heavy atom. The number of phenols is 1. The van der Waals surface area contributed by atoms with Crippen molar-refractivity contribution in [3.63, 3.8) is 0 Å². The number of rotatable bonds is 6. The highest BCUT2D eigenvalue weighted by Gasteiger charge is 2.18. The van der Waals surface area contributed by atoms with Gasteiger partial charge < -0.3 is 14.6 Å². The molecule has 1 N–H and O–H groups in total. The molecule has 1 aromatic rings. The molecule has 0 bridgehead atoms. The summed E-state index contributed by atoms with van der Waals surface area (Å²) >= 11 is 0. The zero-order valence-electron chi connectivity index (χ0n) is 10.4. The summed E-state index contributed by atoms with van der Waals surface area (Å²) in [6.45, 7) is 4.25. The van der Waals surface area contributed by atoms with Gasteiger partial charge in [-0.25, -0.2) is 0 Å². The van der Waals surface area contributed by atoms with Gasteiger partial charge in [-0.3, -0.25) is 4.79 Å². The summed E-state index contributed by atoms with van der Waals surface area (Å²) in [5.41, 5.74) is 0.234. The van der Waals surface area contributed by atoms with E-state index in [9.17, 15) is 9.90 Å². The van der Waals surface area contributed by atoms with E-state index in [1.165, 1.54) is 13.2 Å². The molecule has 0 unspecified atom stereocenters. The van der Waals surface area contributed by atoms with Crippen LogP contribution >= 0.6 is 0 Å². The maximum Gasteiger partial charge on any atom is 0.170 e. The normalized spacial score (nSPS) is 10.1. The van der Waals surface area contributed by atoms with Crippen LogP contribution in [0.15, 0.2) is 12.1 Å². The van der Waals surface area contributed by atoms with Crippen molar-refractivity contribution in [1.29, 1.82) is 0 Å². The van der Waals surface area contributed by atoms with Crippen molar-refractivity contribution < 1.29 is 19.4 Å². The molecule has 4 nitrogen and oxygen atoms in total. The van der Waals surface area contributed by atoms with Gasteiger partial charge in [0.25, 0.3) is 0 Å². The minimum atomic E-state index is -0.120. The second kappa shape index (κ2) is 6.13. The molecule has 0 spiro atoms. The number of Topliss-reactive ketones (excluding diaryl/α,β-unsaturated/α-hetero) is 1. The predicted octanol–water partition coefficient (Wildman–Crippen LogP) is 2.78. The lowest BCUT2D eigenvalue weighted by Crippen LogP contribution is -2.03. The molecule has 4 heteroatoms. The van der Waals surface area contributed by atoms with Gasteiger partial charge in [-0.15, -0.1) is 0 Å². The monoisotopic (exact) mass is 238 g/mol. The molecule has 0 amide bonds. The molecule has 0 aliphatic rings. The molecule has 17 heavy (non-hydrogen) atoms. The Bertz CT molecular complexity index is 399. The van der Waals surface area contributed by atoms with Crippen LogP contribution in [0.1, 0.15) is 37.0 Å². The largest absolute Gasteiger partial charge is 0.507 e. The van der Waals surface area contributed by atoms with Crippen LogP contribution in [-0.2, 0) is 0 Å². The zero-order chi connectivity index (χ0) is 12.8. The van der Waals surface area contributed by atoms with Gasteiger partial charge in [0.1, 0.15) is 22.8 Å². The molecule has 1 rings (SSSR count). The maximum absolute atomic E-state index is 11.8. The van der Waals surface area contributed by atoms with Crippen molar-refractivity contribution >= 4 is 5.78 Å². The molecule has 0 heterocycles. The first-order chi connectivity index (χ1) is 8.13. The van der Waals surface area contributed by atoms with Gasteiger partial charge in [-0.05, 0) is 13.3 Å². The molecule has 0 aromatic heterocycles. The third-order valence-corrected chi connectivity index (χ3v) is 2.34. The molecule has 0 aliphatic heterocycles. The Morgan fingerprint density at radius 3 is 2.59 bits per heavy atom. The first-order valence-corrected chi connectivity index (χ1v) is 5.71. The Kier molecular flexibility index (Phi) is 4.82. The Balaban J connectivity index is 3.16. The average molecular weight is 238 g/mol. The molecular weight excluding hydrogens is 220 g/mol. The number of hydrogen-bond acceptors (Lipinski definition) is 4. The van der Waals surface area contributed by atoms with Crippen LogP contribution in [0.2, 0.25) is 0 Å². The first-order valence-electron chi connectivity index (χ1n) is 5.71. The summed E-state index contributed by atoms with van der Waals surface area (Å²) in [6, 6.07) is 3.06. The van der Waals surface area contributed by atoms with E-state index in [-0.39, 0.29) is 17.1 Å². The number of methoxy groups -OCH3 is 1. The van der Waals surface area contributed by atoms with Gasteiger partial charge in [-0.1, -0.05) is 6.92 Å². The van der Waals surface area contributed by atoms with Crippen molar-refractivity contribution in [3.8, 4) is 17.2 Å². The number of hydrogen-bond donors (Lipinski definition) is 1. The van der Waals surface area contributed by atoms with Gasteiger partial charge in [-0.2, -0.15) is 0 Å². The fourth-order valence-electron chi connectivity index (χ4n) is 1.62.